The van der Waals surface area contributed by atoms with Gasteiger partial charge in [-0.05, 0) is 19.3 Å². The number of ether oxygens (including phenoxy) is 2. The van der Waals surface area contributed by atoms with E-state index in [4.69, 9.17) is 9.47 Å². The van der Waals surface area contributed by atoms with E-state index in [1.807, 2.05) is 13.8 Å². The highest BCUT2D eigenvalue weighted by molar-refractivity contribution is 5.77. The standard InChI is InChI=1S/C17H32N2O7/c1-10(2)16(24)18-7-5-4-6-8-25-17-13(19-11(3)21)15(23)14(22)12(9-20)26-17/h10,12-15,17,20,22-23H,4-9H2,1-3H3,(H,18,24)(H,19,21)/t12-,13-,14+,15-,17-/m1/s1. The van der Waals surface area contributed by atoms with Crippen molar-refractivity contribution in [3.63, 3.8) is 0 Å². The Bertz CT molecular complexity index is 447. The van der Waals surface area contributed by atoms with E-state index in [0.29, 0.717) is 19.6 Å². The molecule has 0 bridgehead atoms. The molecule has 0 saturated carbocycles. The molecule has 2 amide bonds. The lowest BCUT2D eigenvalue weighted by atomic mass is 9.97. The monoisotopic (exact) mass is 376 g/mol. The Morgan fingerprint density at radius 3 is 2.42 bits per heavy atom. The molecule has 1 heterocycles. The first-order valence-electron chi connectivity index (χ1n) is 9.06. The normalized spacial score (nSPS) is 28.8. The van der Waals surface area contributed by atoms with Crippen molar-refractivity contribution < 1.29 is 34.4 Å². The fraction of sp³-hybridized carbons (Fsp3) is 0.882. The largest absolute Gasteiger partial charge is 0.394 e. The average Bonchev–Trinajstić information content (AvgIpc) is 2.59. The molecule has 0 unspecified atom stereocenters. The Morgan fingerprint density at radius 1 is 1.15 bits per heavy atom. The third kappa shape index (κ3) is 7.16. The molecule has 0 aromatic heterocycles. The summed E-state index contributed by atoms with van der Waals surface area (Å²) in [6, 6.07) is -0.921. The molecule has 5 atom stereocenters. The maximum absolute atomic E-state index is 11.4. The fourth-order valence-electron chi connectivity index (χ4n) is 2.63. The third-order valence-electron chi connectivity index (χ3n) is 4.18. The molecule has 1 aliphatic rings. The minimum Gasteiger partial charge on any atom is -0.394 e. The van der Waals surface area contributed by atoms with E-state index in [0.717, 1.165) is 12.8 Å². The van der Waals surface area contributed by atoms with Gasteiger partial charge in [-0.1, -0.05) is 13.8 Å². The molecule has 9 nitrogen and oxygen atoms in total. The third-order valence-corrected chi connectivity index (χ3v) is 4.18. The van der Waals surface area contributed by atoms with E-state index in [9.17, 15) is 24.9 Å². The van der Waals surface area contributed by atoms with Crippen molar-refractivity contribution in [2.75, 3.05) is 19.8 Å². The van der Waals surface area contributed by atoms with Crippen LogP contribution in [0.5, 0.6) is 0 Å². The summed E-state index contributed by atoms with van der Waals surface area (Å²) in [5.74, 6) is -0.395. The minimum absolute atomic E-state index is 0.0256. The molecular weight excluding hydrogens is 344 g/mol. The van der Waals surface area contributed by atoms with Crippen molar-refractivity contribution in [3.05, 3.63) is 0 Å². The molecule has 9 heteroatoms. The highest BCUT2D eigenvalue weighted by Crippen LogP contribution is 2.22. The molecule has 0 aromatic rings. The smallest absolute Gasteiger partial charge is 0.222 e. The molecule has 5 N–H and O–H groups in total. The predicted octanol–water partition coefficient (Wildman–Crippen LogP) is -1.11. The van der Waals surface area contributed by atoms with Gasteiger partial charge in [-0.15, -0.1) is 0 Å². The Balaban J connectivity index is 2.37. The molecule has 0 aliphatic carbocycles. The number of amides is 2. The van der Waals surface area contributed by atoms with Crippen LogP contribution in [0.15, 0.2) is 0 Å². The van der Waals surface area contributed by atoms with E-state index in [1.165, 1.54) is 6.92 Å². The zero-order valence-corrected chi connectivity index (χ0v) is 15.7. The Hall–Kier alpha value is -1.26. The summed E-state index contributed by atoms with van der Waals surface area (Å²) in [4.78, 5) is 22.7. The molecule has 1 saturated heterocycles. The highest BCUT2D eigenvalue weighted by atomic mass is 16.7. The van der Waals surface area contributed by atoms with Crippen LogP contribution in [0, 0.1) is 5.92 Å². The zero-order chi connectivity index (χ0) is 19.7. The van der Waals surface area contributed by atoms with Gasteiger partial charge in [0.15, 0.2) is 6.29 Å². The Kier molecular flexibility index (Phi) is 10.0. The summed E-state index contributed by atoms with van der Waals surface area (Å²) in [5, 5.41) is 34.7. The fourth-order valence-corrected chi connectivity index (χ4v) is 2.63. The van der Waals surface area contributed by atoms with Gasteiger partial charge in [-0.2, -0.15) is 0 Å². The van der Waals surface area contributed by atoms with Crippen molar-refractivity contribution >= 4 is 11.8 Å². The van der Waals surface area contributed by atoms with Crippen LogP contribution in [-0.2, 0) is 19.1 Å². The lowest BCUT2D eigenvalue weighted by Gasteiger charge is -2.42. The molecule has 0 radical (unpaired) electrons. The molecule has 1 fully saturated rings. The van der Waals surface area contributed by atoms with E-state index in [2.05, 4.69) is 10.6 Å². The zero-order valence-electron chi connectivity index (χ0n) is 15.7. The van der Waals surface area contributed by atoms with Gasteiger partial charge in [0.1, 0.15) is 24.4 Å². The van der Waals surface area contributed by atoms with Crippen LogP contribution >= 0.6 is 0 Å². The van der Waals surface area contributed by atoms with Crippen LogP contribution in [0.4, 0.5) is 0 Å². The lowest BCUT2D eigenvalue weighted by Crippen LogP contribution is -2.64. The van der Waals surface area contributed by atoms with Gasteiger partial charge in [0.25, 0.3) is 0 Å². The van der Waals surface area contributed by atoms with E-state index < -0.39 is 37.3 Å². The second-order valence-electron chi connectivity index (χ2n) is 6.81. The molecule has 26 heavy (non-hydrogen) atoms. The van der Waals surface area contributed by atoms with Gasteiger partial charge in [-0.3, -0.25) is 9.59 Å². The van der Waals surface area contributed by atoms with Gasteiger partial charge in [0.05, 0.1) is 6.61 Å². The quantitative estimate of drug-likeness (QED) is 0.305. The van der Waals surface area contributed by atoms with Crippen LogP contribution < -0.4 is 10.6 Å². The second kappa shape index (κ2) is 11.5. The van der Waals surface area contributed by atoms with E-state index in [-0.39, 0.29) is 17.7 Å². The summed E-state index contributed by atoms with van der Waals surface area (Å²) in [7, 11) is 0. The number of nitrogens with one attached hydrogen (secondary N) is 2. The van der Waals surface area contributed by atoms with Crippen molar-refractivity contribution in [1.29, 1.82) is 0 Å². The summed E-state index contributed by atoms with van der Waals surface area (Å²) in [6.07, 6.45) is -2.23. The number of hydrogen-bond donors (Lipinski definition) is 5. The van der Waals surface area contributed by atoms with Crippen molar-refractivity contribution in [3.8, 4) is 0 Å². The molecule has 0 aromatic carbocycles. The summed E-state index contributed by atoms with van der Waals surface area (Å²) in [6.45, 7) is 5.41. The van der Waals surface area contributed by atoms with Crippen molar-refractivity contribution in [2.45, 2.75) is 70.7 Å². The van der Waals surface area contributed by atoms with Gasteiger partial charge in [0.2, 0.25) is 11.8 Å². The first-order valence-corrected chi connectivity index (χ1v) is 9.06. The van der Waals surface area contributed by atoms with Gasteiger partial charge < -0.3 is 35.4 Å². The number of hydrogen-bond acceptors (Lipinski definition) is 7. The number of aliphatic hydroxyl groups excluding tert-OH is 3. The maximum atomic E-state index is 11.4. The molecule has 152 valence electrons. The number of carbonyl (C=O) groups excluding carboxylic acids is 2. The lowest BCUT2D eigenvalue weighted by molar-refractivity contribution is -0.270. The van der Waals surface area contributed by atoms with Gasteiger partial charge in [0, 0.05) is 26.0 Å². The first kappa shape index (κ1) is 22.8. The molecule has 1 aliphatic heterocycles. The van der Waals surface area contributed by atoms with Crippen LogP contribution in [0.25, 0.3) is 0 Å². The Labute approximate surface area is 154 Å². The molecule has 0 spiro atoms. The highest BCUT2D eigenvalue weighted by Gasteiger charge is 2.45. The van der Waals surface area contributed by atoms with Crippen LogP contribution in [-0.4, -0.2) is 77.5 Å². The van der Waals surface area contributed by atoms with Crippen LogP contribution in [0.2, 0.25) is 0 Å². The van der Waals surface area contributed by atoms with Gasteiger partial charge >= 0.3 is 0 Å². The van der Waals surface area contributed by atoms with Gasteiger partial charge in [-0.25, -0.2) is 0 Å². The number of rotatable bonds is 10. The van der Waals surface area contributed by atoms with Crippen LogP contribution in [0.3, 0.4) is 0 Å². The molecular formula is C17H32N2O7. The average molecular weight is 376 g/mol. The maximum Gasteiger partial charge on any atom is 0.222 e. The number of aliphatic hydroxyl groups is 3. The number of unbranched alkanes of at least 4 members (excludes halogenated alkanes) is 2. The Morgan fingerprint density at radius 2 is 1.85 bits per heavy atom. The SMILES string of the molecule is CC(=O)N[C@H]1[C@H](OCCCCCNC(=O)C(C)C)O[C@H](CO)[C@H](O)[C@@H]1O. The van der Waals surface area contributed by atoms with E-state index >= 15 is 0 Å². The number of carbonyl (C=O) groups is 2. The first-order chi connectivity index (χ1) is 12.3. The van der Waals surface area contributed by atoms with Crippen molar-refractivity contribution in [2.24, 2.45) is 5.92 Å². The summed E-state index contributed by atoms with van der Waals surface area (Å²) < 4.78 is 11.1. The summed E-state index contributed by atoms with van der Waals surface area (Å²) in [5.41, 5.74) is 0. The molecule has 1 rings (SSSR count). The van der Waals surface area contributed by atoms with Crippen LogP contribution in [0.1, 0.15) is 40.0 Å². The predicted molar refractivity (Wildman–Crippen MR) is 93.0 cm³/mol. The van der Waals surface area contributed by atoms with Crippen molar-refractivity contribution in [1.82, 2.24) is 10.6 Å². The second-order valence-corrected chi connectivity index (χ2v) is 6.81. The topological polar surface area (TPSA) is 137 Å². The van der Waals surface area contributed by atoms with E-state index in [1.54, 1.807) is 0 Å². The minimum atomic E-state index is -1.32. The summed E-state index contributed by atoms with van der Waals surface area (Å²) >= 11 is 0.